The van der Waals surface area contributed by atoms with Gasteiger partial charge in [0.1, 0.15) is 0 Å². The molecule has 0 aliphatic carbocycles. The Kier molecular flexibility index (Phi) is 7.50. The molecular formula is C14H20Cl2P2Zr. The molecule has 0 bridgehead atoms. The van der Waals surface area contributed by atoms with Gasteiger partial charge in [0.15, 0.2) is 0 Å². The van der Waals surface area contributed by atoms with Crippen LogP contribution in [0.15, 0.2) is 23.3 Å². The molecule has 2 heterocycles. The zero-order chi connectivity index (χ0) is 12.8. The van der Waals surface area contributed by atoms with Crippen molar-refractivity contribution in [3.05, 3.63) is 23.3 Å². The Morgan fingerprint density at radius 1 is 0.789 bits per heavy atom. The van der Waals surface area contributed by atoms with Gasteiger partial charge in [-0.05, 0) is 0 Å². The van der Waals surface area contributed by atoms with E-state index in [-0.39, 0.29) is 24.8 Å². The van der Waals surface area contributed by atoms with E-state index in [1.165, 1.54) is 0 Å². The van der Waals surface area contributed by atoms with Crippen LogP contribution in [0.2, 0.25) is 0 Å². The zero-order valence-corrected chi connectivity index (χ0v) is 18.1. The Hall–Kier alpha value is 1.28. The minimum Gasteiger partial charge on any atom is -1.00 e. The summed E-state index contributed by atoms with van der Waals surface area (Å²) in [6, 6.07) is 0. The van der Waals surface area contributed by atoms with E-state index in [0.29, 0.717) is 5.73 Å². The molecule has 2 atom stereocenters. The molecule has 104 valence electrons. The van der Waals surface area contributed by atoms with Gasteiger partial charge in [-0.1, -0.05) is 0 Å². The Balaban J connectivity index is 0.00000162. The van der Waals surface area contributed by atoms with Gasteiger partial charge >= 0.3 is 121 Å². The number of hydrogen-bond donors (Lipinski definition) is 0. The van der Waals surface area contributed by atoms with E-state index in [2.05, 4.69) is 53.7 Å². The largest absolute Gasteiger partial charge is 1.00 e. The van der Waals surface area contributed by atoms with Crippen LogP contribution in [0.25, 0.3) is 0 Å². The maximum atomic E-state index is 2.50. The average Bonchev–Trinajstić information content (AvgIpc) is 2.51. The molecule has 0 saturated carbocycles. The molecule has 0 fully saturated rings. The molecule has 2 aliphatic rings. The summed E-state index contributed by atoms with van der Waals surface area (Å²) in [6.07, 6.45) is 4.85. The van der Waals surface area contributed by atoms with Crippen LogP contribution in [0.4, 0.5) is 0 Å². The van der Waals surface area contributed by atoms with E-state index in [1.807, 2.05) is 0 Å². The molecule has 19 heavy (non-hydrogen) atoms. The first-order valence-corrected chi connectivity index (χ1v) is 10.3. The molecule has 2 unspecified atom stereocenters. The van der Waals surface area contributed by atoms with Gasteiger partial charge in [0, 0.05) is 0 Å². The number of allylic oxidation sites excluding steroid dienone is 4. The summed E-state index contributed by atoms with van der Waals surface area (Å²) in [5, 5.41) is 3.12. The molecule has 0 aromatic carbocycles. The third kappa shape index (κ3) is 4.14. The number of halogens is 2. The monoisotopic (exact) mass is 410 g/mol. The molecule has 0 amide bonds. The minimum atomic E-state index is -0.516. The topological polar surface area (TPSA) is 0 Å². The first-order chi connectivity index (χ1) is 7.75. The average molecular weight is 412 g/mol. The van der Waals surface area contributed by atoms with Crippen LogP contribution in [0.3, 0.4) is 0 Å². The second kappa shape index (κ2) is 7.03. The molecule has 0 N–H and O–H groups in total. The van der Waals surface area contributed by atoms with Crippen LogP contribution in [0, 0.1) is 0 Å². The molecule has 0 saturated heterocycles. The smallest absolute Gasteiger partial charge is 1.00 e. The van der Waals surface area contributed by atoms with E-state index in [1.54, 1.807) is 38.1 Å². The summed E-state index contributed by atoms with van der Waals surface area (Å²) in [4.78, 5) is 0. The first-order valence-electron chi connectivity index (χ1n) is 6.05. The second-order valence-electron chi connectivity index (χ2n) is 5.43. The maximum absolute atomic E-state index is 2.50. The fourth-order valence-corrected chi connectivity index (χ4v) is 15.3. The molecule has 5 heteroatoms. The quantitative estimate of drug-likeness (QED) is 0.495. The normalized spacial score (nSPS) is 34.0. The zero-order valence-electron chi connectivity index (χ0n) is 12.3. The summed E-state index contributed by atoms with van der Waals surface area (Å²) >= 11 is -0.516. The van der Waals surface area contributed by atoms with Crippen LogP contribution in [0.1, 0.15) is 41.5 Å². The summed E-state index contributed by atoms with van der Waals surface area (Å²) in [5.41, 5.74) is 3.27. The van der Waals surface area contributed by atoms with E-state index < -0.39 is 23.2 Å². The predicted octanol–water partition coefficient (Wildman–Crippen LogP) is -1.29. The van der Waals surface area contributed by atoms with E-state index in [9.17, 15) is 0 Å². The molecule has 2 aliphatic heterocycles. The van der Waals surface area contributed by atoms with Crippen molar-refractivity contribution in [1.82, 2.24) is 0 Å². The van der Waals surface area contributed by atoms with E-state index >= 15 is 0 Å². The molecule has 2 rings (SSSR count). The third-order valence-electron chi connectivity index (χ3n) is 3.67. The van der Waals surface area contributed by atoms with Gasteiger partial charge in [-0.2, -0.15) is 0 Å². The van der Waals surface area contributed by atoms with Crippen molar-refractivity contribution < 1.29 is 48.0 Å². The van der Waals surface area contributed by atoms with Crippen molar-refractivity contribution in [3.63, 3.8) is 0 Å². The van der Waals surface area contributed by atoms with Gasteiger partial charge in [-0.3, -0.25) is 0 Å². The molecule has 0 radical (unpaired) electrons. The molecule has 0 aromatic heterocycles. The SMILES string of the molecule is CC1=CC(C)=P[C]1(C)[Zr+2][C]1(C)P=C(C)C=C1C.[Cl-].[Cl-]. The van der Waals surface area contributed by atoms with Crippen LogP contribution in [0.5, 0.6) is 0 Å². The summed E-state index contributed by atoms with van der Waals surface area (Å²) < 4.78 is 1.05. The van der Waals surface area contributed by atoms with Crippen LogP contribution < -0.4 is 24.8 Å². The van der Waals surface area contributed by atoms with E-state index in [0.717, 1.165) is 0 Å². The first kappa shape index (κ1) is 20.3. The number of rotatable bonds is 2. The van der Waals surface area contributed by atoms with Gasteiger partial charge in [0.25, 0.3) is 0 Å². The summed E-state index contributed by atoms with van der Waals surface area (Å²) in [5.74, 6) is 0. The van der Waals surface area contributed by atoms with Crippen molar-refractivity contribution >= 4 is 27.0 Å². The summed E-state index contributed by atoms with van der Waals surface area (Å²) in [7, 11) is 3.18. The minimum absolute atomic E-state index is 0. The van der Waals surface area contributed by atoms with Crippen molar-refractivity contribution in [2.75, 3.05) is 0 Å². The summed E-state index contributed by atoms with van der Waals surface area (Å²) in [6.45, 7) is 14.3. The fraction of sp³-hybridized carbons (Fsp3) is 0.571. The van der Waals surface area contributed by atoms with Gasteiger partial charge < -0.3 is 24.8 Å². The predicted molar refractivity (Wildman–Crippen MR) is 79.5 cm³/mol. The Labute approximate surface area is 144 Å². The van der Waals surface area contributed by atoms with Crippen LogP contribution >= 0.6 is 16.4 Å². The molecule has 0 aromatic rings. The van der Waals surface area contributed by atoms with Gasteiger partial charge in [0.2, 0.25) is 0 Å². The Morgan fingerprint density at radius 2 is 1.11 bits per heavy atom. The molecule has 0 nitrogen and oxygen atoms in total. The van der Waals surface area contributed by atoms with Gasteiger partial charge in [0.05, 0.1) is 0 Å². The fourth-order valence-electron chi connectivity index (χ4n) is 2.58. The maximum Gasteiger partial charge on any atom is -1.00 e. The standard InChI is InChI=1S/2C7H10P.2ClH.Zr/c2*1-5-4-6(2)8-7(5)3;;;/h2*4H,1-3H3;2*1H;/q;;;;+2/p-2. The van der Waals surface area contributed by atoms with Crippen molar-refractivity contribution in [2.24, 2.45) is 0 Å². The third-order valence-corrected chi connectivity index (χ3v) is 13.5. The Bertz CT molecular complexity index is 450. The molecular weight excluding hydrogens is 392 g/mol. The van der Waals surface area contributed by atoms with Crippen molar-refractivity contribution in [3.8, 4) is 0 Å². The second-order valence-corrected chi connectivity index (χ2v) is 16.7. The van der Waals surface area contributed by atoms with Gasteiger partial charge in [-0.15, -0.1) is 0 Å². The number of hydrogen-bond acceptors (Lipinski definition) is 0. The van der Waals surface area contributed by atoms with Gasteiger partial charge in [-0.25, -0.2) is 0 Å². The van der Waals surface area contributed by atoms with Crippen LogP contribution in [-0.2, 0) is 23.2 Å². The van der Waals surface area contributed by atoms with Crippen LogP contribution in [-0.4, -0.2) is 16.3 Å². The van der Waals surface area contributed by atoms with E-state index in [4.69, 9.17) is 0 Å². The van der Waals surface area contributed by atoms with Crippen molar-refractivity contribution in [1.29, 1.82) is 0 Å². The Morgan fingerprint density at radius 3 is 1.32 bits per heavy atom. The molecule has 0 spiro atoms. The van der Waals surface area contributed by atoms with Crippen molar-refractivity contribution in [2.45, 2.75) is 47.3 Å².